The van der Waals surface area contributed by atoms with E-state index in [9.17, 15) is 5.11 Å². The molecular weight excluding hydrogens is 174 g/mol. The summed E-state index contributed by atoms with van der Waals surface area (Å²) < 4.78 is 0. The van der Waals surface area contributed by atoms with Gasteiger partial charge in [-0.3, -0.25) is 4.90 Å². The smallest absolute Gasteiger partial charge is 0.0682 e. The van der Waals surface area contributed by atoms with Crippen molar-refractivity contribution in [1.82, 2.24) is 4.90 Å². The Kier molecular flexibility index (Phi) is 3.13. The monoisotopic (exact) mass is 197 g/mol. The first-order valence-electron chi connectivity index (χ1n) is 6.07. The topological polar surface area (TPSA) is 23.5 Å². The van der Waals surface area contributed by atoms with Gasteiger partial charge in [-0.05, 0) is 37.5 Å². The fourth-order valence-corrected chi connectivity index (χ4v) is 2.60. The van der Waals surface area contributed by atoms with Crippen LogP contribution in [0.3, 0.4) is 0 Å². The summed E-state index contributed by atoms with van der Waals surface area (Å²) in [5, 5.41) is 9.67. The zero-order valence-corrected chi connectivity index (χ0v) is 9.45. The van der Waals surface area contributed by atoms with Gasteiger partial charge in [-0.25, -0.2) is 0 Å². The van der Waals surface area contributed by atoms with Crippen molar-refractivity contribution in [2.45, 2.75) is 51.7 Å². The van der Waals surface area contributed by atoms with Crippen LogP contribution in [-0.4, -0.2) is 35.2 Å². The molecule has 2 nitrogen and oxygen atoms in total. The Morgan fingerprint density at radius 1 is 1.36 bits per heavy atom. The molecule has 1 N–H and O–H groups in total. The fourth-order valence-electron chi connectivity index (χ4n) is 2.60. The molecule has 0 aromatic rings. The lowest BCUT2D eigenvalue weighted by molar-refractivity contribution is 0.171. The third kappa shape index (κ3) is 2.71. The van der Waals surface area contributed by atoms with Gasteiger partial charge in [0.2, 0.25) is 0 Å². The van der Waals surface area contributed by atoms with E-state index in [1.165, 1.54) is 25.8 Å². The van der Waals surface area contributed by atoms with Crippen LogP contribution in [0.1, 0.15) is 39.5 Å². The van der Waals surface area contributed by atoms with Gasteiger partial charge in [-0.2, -0.15) is 0 Å². The molecule has 1 aliphatic heterocycles. The number of hydrogen-bond acceptors (Lipinski definition) is 2. The van der Waals surface area contributed by atoms with Crippen molar-refractivity contribution >= 4 is 0 Å². The number of nitrogens with zero attached hydrogens (tertiary/aromatic N) is 1. The number of likely N-dealkylation sites (tertiary alicyclic amines) is 1. The third-order valence-corrected chi connectivity index (χ3v) is 3.44. The molecule has 1 saturated carbocycles. The Morgan fingerprint density at radius 3 is 2.64 bits per heavy atom. The van der Waals surface area contributed by atoms with Gasteiger partial charge in [0.15, 0.2) is 0 Å². The summed E-state index contributed by atoms with van der Waals surface area (Å²) in [5.74, 6) is 1.71. The molecule has 82 valence electrons. The van der Waals surface area contributed by atoms with Crippen molar-refractivity contribution in [2.75, 3.05) is 13.1 Å². The first-order chi connectivity index (χ1) is 6.65. The molecule has 0 amide bonds. The van der Waals surface area contributed by atoms with E-state index in [0.29, 0.717) is 6.04 Å². The molecule has 14 heavy (non-hydrogen) atoms. The summed E-state index contributed by atoms with van der Waals surface area (Å²) in [6.07, 6.45) is 5.04. The van der Waals surface area contributed by atoms with Crippen molar-refractivity contribution in [2.24, 2.45) is 11.8 Å². The zero-order valence-electron chi connectivity index (χ0n) is 9.45. The van der Waals surface area contributed by atoms with Crippen LogP contribution in [0.4, 0.5) is 0 Å². The van der Waals surface area contributed by atoms with E-state index in [1.807, 2.05) is 0 Å². The fraction of sp³-hybridized carbons (Fsp3) is 1.00. The van der Waals surface area contributed by atoms with E-state index in [-0.39, 0.29) is 6.10 Å². The highest BCUT2D eigenvalue weighted by molar-refractivity contribution is 4.89. The second kappa shape index (κ2) is 4.19. The summed E-state index contributed by atoms with van der Waals surface area (Å²) >= 11 is 0. The maximum Gasteiger partial charge on any atom is 0.0682 e. The lowest BCUT2D eigenvalue weighted by atomic mass is 10.0. The second-order valence-electron chi connectivity index (χ2n) is 5.57. The van der Waals surface area contributed by atoms with Crippen LogP contribution in [0.25, 0.3) is 0 Å². The number of aliphatic hydroxyl groups is 1. The van der Waals surface area contributed by atoms with Crippen molar-refractivity contribution in [3.63, 3.8) is 0 Å². The highest BCUT2D eigenvalue weighted by Gasteiger charge is 2.34. The molecule has 0 bridgehead atoms. The summed E-state index contributed by atoms with van der Waals surface area (Å²) in [7, 11) is 0. The Morgan fingerprint density at radius 2 is 2.07 bits per heavy atom. The average molecular weight is 197 g/mol. The van der Waals surface area contributed by atoms with E-state index in [0.717, 1.165) is 24.8 Å². The van der Waals surface area contributed by atoms with Gasteiger partial charge in [0.05, 0.1) is 6.10 Å². The van der Waals surface area contributed by atoms with Crippen LogP contribution >= 0.6 is 0 Å². The predicted octanol–water partition coefficient (Wildman–Crippen LogP) is 1.88. The van der Waals surface area contributed by atoms with E-state index in [2.05, 4.69) is 18.7 Å². The maximum atomic E-state index is 9.67. The Hall–Kier alpha value is -0.0800. The Bertz CT molecular complexity index is 177. The third-order valence-electron chi connectivity index (χ3n) is 3.44. The lowest BCUT2D eigenvalue weighted by Crippen LogP contribution is -2.32. The molecule has 2 aliphatic rings. The standard InChI is InChI=1S/C12H23NO/c1-9(2)5-11-6-12(14)8-13(11)7-10-3-4-10/h9-12,14H,3-8H2,1-2H3/t11-,12-/m0/s1. The van der Waals surface area contributed by atoms with E-state index in [4.69, 9.17) is 0 Å². The van der Waals surface area contributed by atoms with Crippen LogP contribution in [0.15, 0.2) is 0 Å². The number of aliphatic hydroxyl groups excluding tert-OH is 1. The Balaban J connectivity index is 1.84. The molecule has 2 rings (SSSR count). The normalized spacial score (nSPS) is 34.3. The molecule has 0 aromatic heterocycles. The van der Waals surface area contributed by atoms with Gasteiger partial charge >= 0.3 is 0 Å². The SMILES string of the molecule is CC(C)C[C@H]1C[C@H](O)CN1CC1CC1. The van der Waals surface area contributed by atoms with Crippen molar-refractivity contribution in [1.29, 1.82) is 0 Å². The second-order valence-corrected chi connectivity index (χ2v) is 5.57. The van der Waals surface area contributed by atoms with E-state index >= 15 is 0 Å². The molecule has 2 fully saturated rings. The number of hydrogen-bond donors (Lipinski definition) is 1. The van der Waals surface area contributed by atoms with Gasteiger partial charge in [0, 0.05) is 19.1 Å². The van der Waals surface area contributed by atoms with Crippen molar-refractivity contribution in [3.05, 3.63) is 0 Å². The average Bonchev–Trinajstić information content (AvgIpc) is 2.79. The van der Waals surface area contributed by atoms with Gasteiger partial charge < -0.3 is 5.11 Å². The number of β-amino-alcohol motifs (C(OH)–C–C–N with tert-alkyl or cyclic N) is 1. The first kappa shape index (κ1) is 10.4. The first-order valence-corrected chi connectivity index (χ1v) is 6.07. The highest BCUT2D eigenvalue weighted by Crippen LogP contribution is 2.33. The molecule has 0 spiro atoms. The zero-order chi connectivity index (χ0) is 10.1. The Labute approximate surface area is 87.3 Å². The maximum absolute atomic E-state index is 9.67. The molecule has 0 radical (unpaired) electrons. The predicted molar refractivity (Wildman–Crippen MR) is 58.2 cm³/mol. The minimum atomic E-state index is -0.0579. The number of rotatable bonds is 4. The summed E-state index contributed by atoms with van der Waals surface area (Å²) in [5.41, 5.74) is 0. The van der Waals surface area contributed by atoms with E-state index in [1.54, 1.807) is 0 Å². The van der Waals surface area contributed by atoms with Crippen LogP contribution in [0.2, 0.25) is 0 Å². The van der Waals surface area contributed by atoms with Crippen LogP contribution in [0.5, 0.6) is 0 Å². The minimum absolute atomic E-state index is 0.0579. The minimum Gasteiger partial charge on any atom is -0.392 e. The highest BCUT2D eigenvalue weighted by atomic mass is 16.3. The van der Waals surface area contributed by atoms with Gasteiger partial charge in [-0.15, -0.1) is 0 Å². The van der Waals surface area contributed by atoms with Gasteiger partial charge in [0.1, 0.15) is 0 Å². The van der Waals surface area contributed by atoms with Crippen LogP contribution < -0.4 is 0 Å². The molecule has 2 heteroatoms. The van der Waals surface area contributed by atoms with Crippen LogP contribution in [-0.2, 0) is 0 Å². The van der Waals surface area contributed by atoms with Gasteiger partial charge in [0.25, 0.3) is 0 Å². The molecule has 0 unspecified atom stereocenters. The molecule has 0 aromatic carbocycles. The molecule has 1 saturated heterocycles. The van der Waals surface area contributed by atoms with Crippen molar-refractivity contribution in [3.8, 4) is 0 Å². The molecule has 1 heterocycles. The molecule has 2 atom stereocenters. The van der Waals surface area contributed by atoms with Crippen LogP contribution in [0, 0.1) is 11.8 Å². The summed E-state index contributed by atoms with van der Waals surface area (Å²) in [6, 6.07) is 0.658. The quantitative estimate of drug-likeness (QED) is 0.744. The molecule has 1 aliphatic carbocycles. The van der Waals surface area contributed by atoms with Crippen molar-refractivity contribution < 1.29 is 5.11 Å². The van der Waals surface area contributed by atoms with Gasteiger partial charge in [-0.1, -0.05) is 13.8 Å². The van der Waals surface area contributed by atoms with E-state index < -0.39 is 0 Å². The summed E-state index contributed by atoms with van der Waals surface area (Å²) in [4.78, 5) is 2.53. The lowest BCUT2D eigenvalue weighted by Gasteiger charge is -2.25. The summed E-state index contributed by atoms with van der Waals surface area (Å²) in [6.45, 7) is 6.72. The largest absolute Gasteiger partial charge is 0.392 e. The molecular formula is C12H23NO.